The van der Waals surface area contributed by atoms with E-state index in [-0.39, 0.29) is 11.6 Å². The number of hydrogen-bond acceptors (Lipinski definition) is 5. The lowest BCUT2D eigenvalue weighted by molar-refractivity contribution is 0.283. The van der Waals surface area contributed by atoms with Crippen molar-refractivity contribution in [2.75, 3.05) is 0 Å². The Morgan fingerprint density at radius 3 is 2.30 bits per heavy atom. The lowest BCUT2D eigenvalue weighted by atomic mass is 10.2. The van der Waals surface area contributed by atoms with Crippen LogP contribution in [-0.4, -0.2) is 13.3 Å². The molecule has 9 heteroatoms. The highest BCUT2D eigenvalue weighted by Gasteiger charge is 2.15. The minimum Gasteiger partial charge on any atom is -0.404 e. The smallest absolute Gasteiger partial charge is 0.404 e. The van der Waals surface area contributed by atoms with Crippen LogP contribution in [0.15, 0.2) is 53.4 Å². The fraction of sp³-hybridized carbons (Fsp3) is 0.0714. The van der Waals surface area contributed by atoms with Gasteiger partial charge in [0.2, 0.25) is 0 Å². The number of hydrogen-bond donors (Lipinski definition) is 2. The molecule has 0 aliphatic rings. The second-order valence-electron chi connectivity index (χ2n) is 4.32. The first kappa shape index (κ1) is 18.4. The maximum absolute atomic E-state index is 12.8. The number of rotatable bonds is 5. The van der Waals surface area contributed by atoms with Crippen LogP contribution in [0.3, 0.4) is 0 Å². The molecule has 0 amide bonds. The molecule has 0 radical (unpaired) electrons. The van der Waals surface area contributed by atoms with Gasteiger partial charge in [-0.2, -0.15) is 0 Å². The van der Waals surface area contributed by atoms with Crippen LogP contribution in [0.4, 0.5) is 4.39 Å². The molecule has 0 bridgehead atoms. The lowest BCUT2D eigenvalue weighted by Crippen LogP contribution is -1.91. The first-order valence-corrected chi connectivity index (χ1v) is 10.0. The van der Waals surface area contributed by atoms with Gasteiger partial charge in [0, 0.05) is 10.6 Å². The van der Waals surface area contributed by atoms with Crippen LogP contribution in [0.2, 0.25) is 0 Å². The Bertz CT molecular complexity index is 716. The van der Waals surface area contributed by atoms with Gasteiger partial charge in [-0.25, -0.2) is 8.96 Å². The van der Waals surface area contributed by atoms with Gasteiger partial charge >= 0.3 is 7.82 Å². The van der Waals surface area contributed by atoms with Crippen molar-refractivity contribution in [3.05, 3.63) is 59.9 Å². The molecule has 0 heterocycles. The molecule has 0 aliphatic heterocycles. The van der Waals surface area contributed by atoms with Gasteiger partial charge < -0.3 is 4.52 Å². The molecule has 4 nitrogen and oxygen atoms in total. The van der Waals surface area contributed by atoms with Gasteiger partial charge in [0.1, 0.15) is 15.1 Å². The first-order valence-electron chi connectivity index (χ1n) is 6.26. The monoisotopic (exact) mass is 390 g/mol. The third-order valence-electron chi connectivity index (χ3n) is 2.52. The quantitative estimate of drug-likeness (QED) is 0.439. The molecule has 0 saturated carbocycles. The highest BCUT2D eigenvalue weighted by molar-refractivity contribution is 8.46. The molecule has 0 unspecified atom stereocenters. The minimum absolute atomic E-state index is 0.107. The normalized spacial score (nSPS) is 11.3. The molecule has 0 fully saturated rings. The number of halogens is 1. The van der Waals surface area contributed by atoms with Crippen LogP contribution < -0.4 is 4.52 Å². The molecule has 0 spiro atoms. The third-order valence-corrected chi connectivity index (χ3v) is 5.56. The van der Waals surface area contributed by atoms with Crippen molar-refractivity contribution in [1.82, 2.24) is 0 Å². The molecule has 2 N–H and O–H groups in total. The predicted octanol–water partition coefficient (Wildman–Crippen LogP) is 4.61. The van der Waals surface area contributed by atoms with E-state index in [0.29, 0.717) is 9.28 Å². The summed E-state index contributed by atoms with van der Waals surface area (Å²) in [6.45, 7) is 0. The average Bonchev–Trinajstić information content (AvgIpc) is 2.47. The Kier molecular flexibility index (Phi) is 6.64. The molecule has 2 aromatic rings. The lowest BCUT2D eigenvalue weighted by Gasteiger charge is -2.07. The van der Waals surface area contributed by atoms with Crippen molar-refractivity contribution in [3.63, 3.8) is 0 Å². The van der Waals surface area contributed by atoms with E-state index in [1.54, 1.807) is 24.3 Å². The van der Waals surface area contributed by atoms with E-state index in [9.17, 15) is 8.96 Å². The number of benzene rings is 2. The van der Waals surface area contributed by atoms with Crippen molar-refractivity contribution < 1.29 is 23.3 Å². The standard InChI is InChI=1S/C14H12FO4PS3/c15-11-3-7-13(8-4-11)23-14(21)22-9-10-1-5-12(6-2-10)19-20(16,17)18/h1-8H,9H2,(H2,16,17,18). The zero-order valence-corrected chi connectivity index (χ0v) is 14.9. The molecule has 122 valence electrons. The van der Waals surface area contributed by atoms with E-state index in [1.165, 1.54) is 47.8 Å². The highest BCUT2D eigenvalue weighted by Crippen LogP contribution is 2.37. The van der Waals surface area contributed by atoms with Crippen LogP contribution in [0, 0.1) is 5.82 Å². The molecule has 23 heavy (non-hydrogen) atoms. The van der Waals surface area contributed by atoms with Gasteiger partial charge in [0.25, 0.3) is 0 Å². The van der Waals surface area contributed by atoms with Crippen LogP contribution in [0.1, 0.15) is 5.56 Å². The highest BCUT2D eigenvalue weighted by atomic mass is 32.2. The minimum atomic E-state index is -4.53. The summed E-state index contributed by atoms with van der Waals surface area (Å²) in [4.78, 5) is 18.3. The fourth-order valence-electron chi connectivity index (χ4n) is 1.55. The largest absolute Gasteiger partial charge is 0.524 e. The second-order valence-corrected chi connectivity index (χ2v) is 8.74. The van der Waals surface area contributed by atoms with E-state index in [1.807, 2.05) is 0 Å². The number of thioether (sulfide) groups is 2. The van der Waals surface area contributed by atoms with E-state index < -0.39 is 7.82 Å². The second kappa shape index (κ2) is 8.28. The van der Waals surface area contributed by atoms with Crippen molar-refractivity contribution >= 4 is 47.1 Å². The summed E-state index contributed by atoms with van der Waals surface area (Å²) >= 11 is 8.11. The number of phosphoric acid groups is 1. The summed E-state index contributed by atoms with van der Waals surface area (Å²) in [6, 6.07) is 12.5. The SMILES string of the molecule is O=P(O)(O)Oc1ccc(CSC(=S)Sc2ccc(F)cc2)cc1. The summed E-state index contributed by atoms with van der Waals surface area (Å²) in [5.41, 5.74) is 0.940. The van der Waals surface area contributed by atoms with Gasteiger partial charge in [-0.3, -0.25) is 9.79 Å². The Balaban J connectivity index is 1.84. The maximum Gasteiger partial charge on any atom is 0.524 e. The summed E-state index contributed by atoms with van der Waals surface area (Å²) in [5.74, 6) is 0.435. The first-order chi connectivity index (χ1) is 10.8. The van der Waals surface area contributed by atoms with Gasteiger partial charge in [-0.1, -0.05) is 36.1 Å². The van der Waals surface area contributed by atoms with Crippen LogP contribution in [0.5, 0.6) is 5.75 Å². The van der Waals surface area contributed by atoms with Gasteiger partial charge in [-0.15, -0.1) is 11.8 Å². The van der Waals surface area contributed by atoms with E-state index >= 15 is 0 Å². The summed E-state index contributed by atoms with van der Waals surface area (Å²) < 4.78 is 28.7. The molecule has 0 aromatic heterocycles. The topological polar surface area (TPSA) is 66.8 Å². The average molecular weight is 390 g/mol. The predicted molar refractivity (Wildman–Crippen MR) is 95.3 cm³/mol. The fourth-order valence-corrected chi connectivity index (χ4v) is 4.06. The van der Waals surface area contributed by atoms with Crippen molar-refractivity contribution in [2.45, 2.75) is 10.6 Å². The molecule has 2 rings (SSSR count). The van der Waals surface area contributed by atoms with Crippen molar-refractivity contribution in [1.29, 1.82) is 0 Å². The van der Waals surface area contributed by atoms with Gasteiger partial charge in [0.15, 0.2) is 0 Å². The Labute approximate surface area is 146 Å². The Hall–Kier alpha value is -0.890. The van der Waals surface area contributed by atoms with Crippen LogP contribution in [0.25, 0.3) is 0 Å². The summed E-state index contributed by atoms with van der Waals surface area (Å²) in [7, 11) is -4.53. The van der Waals surface area contributed by atoms with Crippen LogP contribution >= 0.6 is 43.6 Å². The van der Waals surface area contributed by atoms with Gasteiger partial charge in [-0.05, 0) is 42.0 Å². The molecular weight excluding hydrogens is 378 g/mol. The van der Waals surface area contributed by atoms with Gasteiger partial charge in [0.05, 0.1) is 0 Å². The Morgan fingerprint density at radius 1 is 1.13 bits per heavy atom. The zero-order valence-electron chi connectivity index (χ0n) is 11.6. The van der Waals surface area contributed by atoms with E-state index in [2.05, 4.69) is 4.52 Å². The van der Waals surface area contributed by atoms with Crippen LogP contribution in [-0.2, 0) is 10.3 Å². The summed E-state index contributed by atoms with van der Waals surface area (Å²) in [5, 5.41) is 0. The van der Waals surface area contributed by atoms with Crippen molar-refractivity contribution in [3.8, 4) is 5.75 Å². The Morgan fingerprint density at radius 2 is 1.74 bits per heavy atom. The molecule has 0 aliphatic carbocycles. The molecule has 2 aromatic carbocycles. The molecule has 0 saturated heterocycles. The third kappa shape index (κ3) is 7.03. The molecular formula is C14H12FO4PS3. The van der Waals surface area contributed by atoms with Crippen molar-refractivity contribution in [2.24, 2.45) is 0 Å². The number of phosphoric ester groups is 1. The van der Waals surface area contributed by atoms with E-state index in [0.717, 1.165) is 10.5 Å². The summed E-state index contributed by atoms with van der Waals surface area (Å²) in [6.07, 6.45) is 0. The zero-order chi connectivity index (χ0) is 16.9. The number of thiocarbonyl (C=S) groups is 1. The maximum atomic E-state index is 12.8. The molecule has 0 atom stereocenters. The van der Waals surface area contributed by atoms with E-state index in [4.69, 9.17) is 22.0 Å².